The van der Waals surface area contributed by atoms with Crippen molar-refractivity contribution in [1.82, 2.24) is 0 Å². The highest BCUT2D eigenvalue weighted by Gasteiger charge is 2.25. The van der Waals surface area contributed by atoms with Gasteiger partial charge in [-0.1, -0.05) is 23.8 Å². The Bertz CT molecular complexity index is 902. The second-order valence-electron chi connectivity index (χ2n) is 5.39. The number of carbonyl (C=O) groups is 1. The van der Waals surface area contributed by atoms with Gasteiger partial charge in [0.1, 0.15) is 10.6 Å². The molecule has 0 saturated heterocycles. The summed E-state index contributed by atoms with van der Waals surface area (Å²) in [5.41, 5.74) is 1.98. The number of benzene rings is 2. The number of sulfonamides is 1. The van der Waals surface area contributed by atoms with Gasteiger partial charge in [0.2, 0.25) is 0 Å². The van der Waals surface area contributed by atoms with E-state index in [1.54, 1.807) is 18.2 Å². The predicted octanol–water partition coefficient (Wildman–Crippen LogP) is 2.93. The van der Waals surface area contributed by atoms with Gasteiger partial charge < -0.3 is 9.84 Å². The van der Waals surface area contributed by atoms with Crippen LogP contribution in [0.15, 0.2) is 53.4 Å². The van der Waals surface area contributed by atoms with Crippen molar-refractivity contribution < 1.29 is 23.1 Å². The fourth-order valence-corrected chi connectivity index (χ4v) is 3.59. The number of ether oxygens (including phenoxy) is 1. The van der Waals surface area contributed by atoms with Gasteiger partial charge in [0.15, 0.2) is 0 Å². The topological polar surface area (TPSA) is 83.9 Å². The second kappa shape index (κ2) is 7.40. The maximum atomic E-state index is 13.0. The normalized spacial score (nSPS) is 11.5. The van der Waals surface area contributed by atoms with Gasteiger partial charge in [-0.15, -0.1) is 0 Å². The summed E-state index contributed by atoms with van der Waals surface area (Å²) in [4.78, 5) is 10.6. The van der Waals surface area contributed by atoms with Crippen LogP contribution in [0.3, 0.4) is 0 Å². The van der Waals surface area contributed by atoms with Gasteiger partial charge in [0, 0.05) is 13.1 Å². The molecule has 2 aromatic carbocycles. The molecule has 1 N–H and O–H groups in total. The Morgan fingerprint density at radius 1 is 1.16 bits per heavy atom. The second-order valence-corrected chi connectivity index (χ2v) is 7.33. The summed E-state index contributed by atoms with van der Waals surface area (Å²) >= 11 is 0. The van der Waals surface area contributed by atoms with Crippen LogP contribution in [0, 0.1) is 6.92 Å². The minimum atomic E-state index is -3.88. The lowest BCUT2D eigenvalue weighted by Gasteiger charge is -2.21. The molecule has 25 heavy (non-hydrogen) atoms. The Morgan fingerprint density at radius 3 is 2.36 bits per heavy atom. The lowest BCUT2D eigenvalue weighted by atomic mass is 10.2. The Morgan fingerprint density at radius 2 is 1.80 bits per heavy atom. The molecule has 0 atom stereocenters. The smallest absolute Gasteiger partial charge is 0.328 e. The summed E-state index contributed by atoms with van der Waals surface area (Å²) in [6.45, 7) is 1.92. The molecule has 0 radical (unpaired) electrons. The minimum Gasteiger partial charge on any atom is -0.495 e. The van der Waals surface area contributed by atoms with Crippen molar-refractivity contribution in [2.45, 2.75) is 11.8 Å². The van der Waals surface area contributed by atoms with Crippen molar-refractivity contribution in [3.8, 4) is 5.75 Å². The number of anilines is 1. The van der Waals surface area contributed by atoms with Crippen molar-refractivity contribution in [1.29, 1.82) is 0 Å². The summed E-state index contributed by atoms with van der Waals surface area (Å²) < 4.78 is 32.3. The molecule has 6 nitrogen and oxygen atoms in total. The first-order valence-electron chi connectivity index (χ1n) is 7.40. The molecule has 132 valence electrons. The van der Waals surface area contributed by atoms with Crippen LogP contribution >= 0.6 is 0 Å². The molecule has 0 spiro atoms. The molecule has 0 bridgehead atoms. The van der Waals surface area contributed by atoms with Crippen LogP contribution in [0.1, 0.15) is 11.1 Å². The van der Waals surface area contributed by atoms with Gasteiger partial charge in [0.05, 0.1) is 12.8 Å². The zero-order chi connectivity index (χ0) is 18.6. The van der Waals surface area contributed by atoms with E-state index in [4.69, 9.17) is 9.84 Å². The molecule has 2 aromatic rings. The van der Waals surface area contributed by atoms with Gasteiger partial charge in [0.25, 0.3) is 10.0 Å². The van der Waals surface area contributed by atoms with Crippen LogP contribution in [0.2, 0.25) is 0 Å². The Hall–Kier alpha value is -2.80. The first-order valence-corrected chi connectivity index (χ1v) is 8.84. The number of hydrogen-bond donors (Lipinski definition) is 1. The van der Waals surface area contributed by atoms with Crippen molar-refractivity contribution in [2.24, 2.45) is 0 Å². The molecule has 0 aliphatic rings. The van der Waals surface area contributed by atoms with E-state index in [1.807, 2.05) is 19.1 Å². The molecule has 0 heterocycles. The van der Waals surface area contributed by atoms with Crippen LogP contribution in [-0.2, 0) is 14.8 Å². The van der Waals surface area contributed by atoms with Gasteiger partial charge in [-0.25, -0.2) is 13.2 Å². The minimum absolute atomic E-state index is 0.0365. The standard InChI is InChI=1S/C18H19NO5S/c1-13-4-8-15(9-5-13)19(2)25(22,23)17-12-14(7-11-18(20)21)6-10-16(17)24-3/h4-12H,1-3H3,(H,20,21)/b11-7-. The number of aryl methyl sites for hydroxylation is 1. The van der Waals surface area contributed by atoms with Crippen molar-refractivity contribution in [3.05, 3.63) is 59.7 Å². The summed E-state index contributed by atoms with van der Waals surface area (Å²) in [5, 5.41) is 8.73. The maximum absolute atomic E-state index is 13.0. The fraction of sp³-hybridized carbons (Fsp3) is 0.167. The number of aliphatic carboxylic acids is 1. The number of methoxy groups -OCH3 is 1. The zero-order valence-electron chi connectivity index (χ0n) is 14.1. The molecular weight excluding hydrogens is 342 g/mol. The maximum Gasteiger partial charge on any atom is 0.328 e. The van der Waals surface area contributed by atoms with E-state index in [-0.39, 0.29) is 10.6 Å². The molecule has 0 aromatic heterocycles. The summed E-state index contributed by atoms with van der Waals surface area (Å²) in [5.74, 6) is -0.927. The van der Waals surface area contributed by atoms with Crippen LogP contribution in [0.4, 0.5) is 5.69 Å². The van der Waals surface area contributed by atoms with E-state index >= 15 is 0 Å². The lowest BCUT2D eigenvalue weighted by molar-refractivity contribution is -0.131. The SMILES string of the molecule is COc1ccc(/C=C\C(=O)O)cc1S(=O)(=O)N(C)c1ccc(C)cc1. The molecule has 0 aliphatic heterocycles. The summed E-state index contributed by atoms with van der Waals surface area (Å²) in [7, 11) is -1.04. The van der Waals surface area contributed by atoms with E-state index in [0.29, 0.717) is 11.3 Å². The van der Waals surface area contributed by atoms with Gasteiger partial charge in [-0.2, -0.15) is 0 Å². The Labute approximate surface area is 147 Å². The fourth-order valence-electron chi connectivity index (χ4n) is 2.21. The summed E-state index contributed by atoms with van der Waals surface area (Å²) in [6, 6.07) is 11.6. The third-order valence-corrected chi connectivity index (χ3v) is 5.45. The molecule has 0 amide bonds. The quantitative estimate of drug-likeness (QED) is 0.800. The van der Waals surface area contributed by atoms with Crippen LogP contribution in [0.25, 0.3) is 6.08 Å². The van der Waals surface area contributed by atoms with E-state index in [0.717, 1.165) is 15.9 Å². The zero-order valence-corrected chi connectivity index (χ0v) is 14.9. The van der Waals surface area contributed by atoms with Crippen LogP contribution < -0.4 is 9.04 Å². The molecule has 0 fully saturated rings. The van der Waals surface area contributed by atoms with E-state index in [1.165, 1.54) is 32.4 Å². The van der Waals surface area contributed by atoms with Crippen molar-refractivity contribution in [2.75, 3.05) is 18.5 Å². The van der Waals surface area contributed by atoms with E-state index in [2.05, 4.69) is 0 Å². The Kier molecular flexibility index (Phi) is 5.48. The molecule has 0 aliphatic carbocycles. The highest BCUT2D eigenvalue weighted by molar-refractivity contribution is 7.92. The lowest BCUT2D eigenvalue weighted by Crippen LogP contribution is -2.27. The third-order valence-electron chi connectivity index (χ3n) is 3.64. The van der Waals surface area contributed by atoms with Crippen LogP contribution in [0.5, 0.6) is 5.75 Å². The van der Waals surface area contributed by atoms with Gasteiger partial charge in [-0.3, -0.25) is 4.31 Å². The van der Waals surface area contributed by atoms with Gasteiger partial charge in [-0.05, 0) is 42.8 Å². The molecule has 0 unspecified atom stereocenters. The number of carboxylic acid groups (broad SMARTS) is 1. The highest BCUT2D eigenvalue weighted by Crippen LogP contribution is 2.30. The first kappa shape index (κ1) is 18.5. The number of rotatable bonds is 6. The first-order chi connectivity index (χ1) is 11.8. The number of nitrogens with zero attached hydrogens (tertiary/aromatic N) is 1. The van der Waals surface area contributed by atoms with Crippen LogP contribution in [-0.4, -0.2) is 33.7 Å². The van der Waals surface area contributed by atoms with Crippen molar-refractivity contribution >= 4 is 27.8 Å². The number of carboxylic acids is 1. The molecule has 2 rings (SSSR count). The summed E-state index contributed by atoms with van der Waals surface area (Å²) in [6.07, 6.45) is 2.27. The average molecular weight is 361 g/mol. The van der Waals surface area contributed by atoms with E-state index in [9.17, 15) is 13.2 Å². The molecule has 7 heteroatoms. The monoisotopic (exact) mass is 361 g/mol. The van der Waals surface area contributed by atoms with E-state index < -0.39 is 16.0 Å². The average Bonchev–Trinajstić information content (AvgIpc) is 2.59. The molecule has 0 saturated carbocycles. The van der Waals surface area contributed by atoms with Gasteiger partial charge >= 0.3 is 5.97 Å². The highest BCUT2D eigenvalue weighted by atomic mass is 32.2. The largest absolute Gasteiger partial charge is 0.495 e. The number of hydrogen-bond acceptors (Lipinski definition) is 4. The Balaban J connectivity index is 2.51. The predicted molar refractivity (Wildman–Crippen MR) is 96.4 cm³/mol. The third kappa shape index (κ3) is 4.19. The molecular formula is C18H19NO5S. The van der Waals surface area contributed by atoms with Crippen molar-refractivity contribution in [3.63, 3.8) is 0 Å².